The number of rotatable bonds is 9. The number of amides is 1. The van der Waals surface area contributed by atoms with Gasteiger partial charge in [0.15, 0.2) is 5.13 Å². The molecule has 0 saturated heterocycles. The van der Waals surface area contributed by atoms with E-state index in [-0.39, 0.29) is 12.0 Å². The second-order valence-electron chi connectivity index (χ2n) is 4.33. The lowest BCUT2D eigenvalue weighted by molar-refractivity contribution is -0.116. The first kappa shape index (κ1) is 17.0. The number of nitrogens with one attached hydrogen (secondary N) is 1. The molecule has 6 nitrogen and oxygen atoms in total. The molecule has 1 atom stereocenters. The fourth-order valence-electron chi connectivity index (χ4n) is 1.75. The fraction of sp³-hybridized carbons (Fsp3) is 0.692. The third-order valence-electron chi connectivity index (χ3n) is 2.83. The summed E-state index contributed by atoms with van der Waals surface area (Å²) in [7, 11) is 3.32. The molecule has 20 heavy (non-hydrogen) atoms. The monoisotopic (exact) mass is 301 g/mol. The van der Waals surface area contributed by atoms with Crippen molar-refractivity contribution in [1.29, 1.82) is 0 Å². The molecule has 0 aliphatic carbocycles. The number of ether oxygens (including phenoxy) is 2. The molecule has 1 unspecified atom stereocenters. The van der Waals surface area contributed by atoms with Crippen molar-refractivity contribution >= 4 is 22.4 Å². The van der Waals surface area contributed by atoms with Crippen LogP contribution in [0.2, 0.25) is 0 Å². The number of hydrogen-bond acceptors (Lipinski definition) is 6. The molecule has 0 radical (unpaired) electrons. The lowest BCUT2D eigenvalue weighted by atomic mass is 10.3. The summed E-state index contributed by atoms with van der Waals surface area (Å²) >= 11 is 1.48. The standard InChI is InChI=1S/C13H23N3O3S/c1-5-16(10(2)17)13-15-11(9-20-13)6-14-7-12(19-4)8-18-3/h9,12,14H,5-8H2,1-4H3. The summed E-state index contributed by atoms with van der Waals surface area (Å²) in [6.07, 6.45) is 0.0301. The van der Waals surface area contributed by atoms with Crippen molar-refractivity contribution < 1.29 is 14.3 Å². The molecule has 114 valence electrons. The van der Waals surface area contributed by atoms with Crippen LogP contribution in [-0.4, -0.2) is 50.9 Å². The lowest BCUT2D eigenvalue weighted by Crippen LogP contribution is -2.31. The Balaban J connectivity index is 2.46. The van der Waals surface area contributed by atoms with Crippen molar-refractivity contribution in [3.63, 3.8) is 0 Å². The van der Waals surface area contributed by atoms with E-state index in [9.17, 15) is 4.79 Å². The van der Waals surface area contributed by atoms with Gasteiger partial charge in [0.2, 0.25) is 5.91 Å². The molecule has 1 aromatic rings. The molecular formula is C13H23N3O3S. The van der Waals surface area contributed by atoms with E-state index in [4.69, 9.17) is 9.47 Å². The summed E-state index contributed by atoms with van der Waals surface area (Å²) in [4.78, 5) is 17.6. The number of thiazole rings is 1. The van der Waals surface area contributed by atoms with E-state index >= 15 is 0 Å². The van der Waals surface area contributed by atoms with Crippen molar-refractivity contribution in [3.8, 4) is 0 Å². The van der Waals surface area contributed by atoms with E-state index < -0.39 is 0 Å². The van der Waals surface area contributed by atoms with Crippen molar-refractivity contribution in [2.75, 3.05) is 38.8 Å². The number of anilines is 1. The van der Waals surface area contributed by atoms with Crippen LogP contribution < -0.4 is 10.2 Å². The zero-order valence-corrected chi connectivity index (χ0v) is 13.3. The average molecular weight is 301 g/mol. The van der Waals surface area contributed by atoms with Crippen molar-refractivity contribution in [3.05, 3.63) is 11.1 Å². The van der Waals surface area contributed by atoms with Gasteiger partial charge in [-0.25, -0.2) is 4.98 Å². The molecular weight excluding hydrogens is 278 g/mol. The summed E-state index contributed by atoms with van der Waals surface area (Å²) in [5, 5.41) is 5.98. The normalized spacial score (nSPS) is 12.4. The van der Waals surface area contributed by atoms with Crippen LogP contribution in [0.15, 0.2) is 5.38 Å². The number of methoxy groups -OCH3 is 2. The summed E-state index contributed by atoms with van der Waals surface area (Å²) in [6.45, 7) is 6.03. The second-order valence-corrected chi connectivity index (χ2v) is 5.17. The van der Waals surface area contributed by atoms with Gasteiger partial charge in [-0.05, 0) is 6.92 Å². The topological polar surface area (TPSA) is 63.7 Å². The number of carbonyl (C=O) groups excluding carboxylic acids is 1. The smallest absolute Gasteiger partial charge is 0.225 e. The molecule has 1 heterocycles. The summed E-state index contributed by atoms with van der Waals surface area (Å²) in [6, 6.07) is 0. The van der Waals surface area contributed by atoms with Crippen LogP contribution in [0.4, 0.5) is 5.13 Å². The highest BCUT2D eigenvalue weighted by molar-refractivity contribution is 7.14. The zero-order chi connectivity index (χ0) is 15.0. The maximum Gasteiger partial charge on any atom is 0.225 e. The van der Waals surface area contributed by atoms with Crippen LogP contribution in [0.3, 0.4) is 0 Å². The Morgan fingerprint density at radius 2 is 2.30 bits per heavy atom. The molecule has 1 amide bonds. The zero-order valence-electron chi connectivity index (χ0n) is 12.5. The Morgan fingerprint density at radius 1 is 1.55 bits per heavy atom. The van der Waals surface area contributed by atoms with Crippen LogP contribution in [0.1, 0.15) is 19.5 Å². The minimum atomic E-state index is 0.0147. The predicted octanol–water partition coefficient (Wildman–Crippen LogP) is 1.27. The quantitative estimate of drug-likeness (QED) is 0.744. The molecule has 0 spiro atoms. The van der Waals surface area contributed by atoms with Crippen LogP contribution in [0.5, 0.6) is 0 Å². The third kappa shape index (κ3) is 5.16. The molecule has 0 aliphatic heterocycles. The van der Waals surface area contributed by atoms with E-state index in [1.165, 1.54) is 11.3 Å². The number of carbonyl (C=O) groups is 1. The van der Waals surface area contributed by atoms with Crippen molar-refractivity contribution in [2.45, 2.75) is 26.5 Å². The predicted molar refractivity (Wildman–Crippen MR) is 80.2 cm³/mol. The molecule has 0 aromatic carbocycles. The third-order valence-corrected chi connectivity index (χ3v) is 3.74. The Bertz CT molecular complexity index is 411. The molecule has 0 fully saturated rings. The minimum absolute atomic E-state index is 0.0147. The van der Waals surface area contributed by atoms with Gasteiger partial charge in [-0.15, -0.1) is 11.3 Å². The van der Waals surface area contributed by atoms with Gasteiger partial charge in [0.05, 0.1) is 18.4 Å². The van der Waals surface area contributed by atoms with Gasteiger partial charge >= 0.3 is 0 Å². The van der Waals surface area contributed by atoms with Crippen LogP contribution >= 0.6 is 11.3 Å². The Morgan fingerprint density at radius 3 is 2.85 bits per heavy atom. The van der Waals surface area contributed by atoms with E-state index in [1.807, 2.05) is 12.3 Å². The van der Waals surface area contributed by atoms with Gasteiger partial charge in [0, 0.05) is 46.2 Å². The minimum Gasteiger partial charge on any atom is -0.382 e. The summed E-state index contributed by atoms with van der Waals surface area (Å²) < 4.78 is 10.3. The number of aromatic nitrogens is 1. The molecule has 1 aromatic heterocycles. The second kappa shape index (κ2) is 9.02. The van der Waals surface area contributed by atoms with Gasteiger partial charge < -0.3 is 14.8 Å². The lowest BCUT2D eigenvalue weighted by Gasteiger charge is -2.15. The maximum absolute atomic E-state index is 11.4. The molecule has 0 bridgehead atoms. The van der Waals surface area contributed by atoms with Gasteiger partial charge in [-0.1, -0.05) is 0 Å². The Labute approximate surface area is 124 Å². The highest BCUT2D eigenvalue weighted by Crippen LogP contribution is 2.20. The highest BCUT2D eigenvalue weighted by atomic mass is 32.1. The van der Waals surface area contributed by atoms with E-state index in [0.29, 0.717) is 26.2 Å². The molecule has 1 N–H and O–H groups in total. The van der Waals surface area contributed by atoms with Gasteiger partial charge in [0.1, 0.15) is 0 Å². The Hall–Kier alpha value is -1.02. The SMILES string of the molecule is CCN(C(C)=O)c1nc(CNCC(COC)OC)cs1. The number of hydrogen-bond donors (Lipinski definition) is 1. The van der Waals surface area contributed by atoms with Crippen LogP contribution in [-0.2, 0) is 20.8 Å². The van der Waals surface area contributed by atoms with E-state index in [1.54, 1.807) is 26.0 Å². The molecule has 0 aliphatic rings. The fourth-order valence-corrected chi connectivity index (χ4v) is 2.68. The molecule has 1 rings (SSSR count). The van der Waals surface area contributed by atoms with E-state index in [0.717, 1.165) is 10.8 Å². The largest absolute Gasteiger partial charge is 0.382 e. The number of nitrogens with zero attached hydrogens (tertiary/aromatic N) is 2. The first-order chi connectivity index (χ1) is 9.62. The summed E-state index contributed by atoms with van der Waals surface area (Å²) in [5.74, 6) is 0.0147. The van der Waals surface area contributed by atoms with E-state index in [2.05, 4.69) is 10.3 Å². The molecule has 7 heteroatoms. The van der Waals surface area contributed by atoms with Crippen LogP contribution in [0, 0.1) is 0 Å². The van der Waals surface area contributed by atoms with Gasteiger partial charge in [-0.2, -0.15) is 0 Å². The average Bonchev–Trinajstić information content (AvgIpc) is 2.86. The van der Waals surface area contributed by atoms with Gasteiger partial charge in [-0.3, -0.25) is 9.69 Å². The Kier molecular flexibility index (Phi) is 7.68. The first-order valence-electron chi connectivity index (χ1n) is 6.57. The van der Waals surface area contributed by atoms with Gasteiger partial charge in [0.25, 0.3) is 0 Å². The highest BCUT2D eigenvalue weighted by Gasteiger charge is 2.13. The maximum atomic E-state index is 11.4. The first-order valence-corrected chi connectivity index (χ1v) is 7.45. The van der Waals surface area contributed by atoms with Crippen LogP contribution in [0.25, 0.3) is 0 Å². The van der Waals surface area contributed by atoms with Crippen molar-refractivity contribution in [2.24, 2.45) is 0 Å². The molecule has 0 saturated carbocycles. The van der Waals surface area contributed by atoms with Crippen molar-refractivity contribution in [1.82, 2.24) is 10.3 Å². The summed E-state index contributed by atoms with van der Waals surface area (Å²) in [5.41, 5.74) is 0.928.